The predicted octanol–water partition coefficient (Wildman–Crippen LogP) is 9.08. The third-order valence-corrected chi connectivity index (χ3v) is 10.3. The van der Waals surface area contributed by atoms with E-state index in [-0.39, 0.29) is 16.5 Å². The second-order valence-corrected chi connectivity index (χ2v) is 13.4. The number of thioether (sulfide) groups is 1. The Balaban J connectivity index is 1.20. The van der Waals surface area contributed by atoms with Gasteiger partial charge in [0.1, 0.15) is 11.3 Å². The van der Waals surface area contributed by atoms with Crippen LogP contribution in [0, 0.1) is 0 Å². The zero-order chi connectivity index (χ0) is 32.3. The molecule has 6 aromatic rings. The number of carbonyl (C=O) groups is 2. The number of ketones is 1. The van der Waals surface area contributed by atoms with E-state index >= 15 is 0 Å². The van der Waals surface area contributed by atoms with Crippen LogP contribution in [0.2, 0.25) is 0 Å². The van der Waals surface area contributed by atoms with Gasteiger partial charge in [-0.05, 0) is 52.6 Å². The second-order valence-electron chi connectivity index (χ2n) is 11.2. The van der Waals surface area contributed by atoms with E-state index in [1.54, 1.807) is 12.1 Å². The van der Waals surface area contributed by atoms with E-state index < -0.39 is 23.5 Å². The van der Waals surface area contributed by atoms with Crippen LogP contribution in [0.1, 0.15) is 53.9 Å². The van der Waals surface area contributed by atoms with Gasteiger partial charge in [-0.25, -0.2) is 0 Å². The number of furan rings is 1. The summed E-state index contributed by atoms with van der Waals surface area (Å²) in [4.78, 5) is 29.1. The number of rotatable bonds is 12. The van der Waals surface area contributed by atoms with Crippen molar-refractivity contribution in [2.24, 2.45) is 0 Å². The summed E-state index contributed by atoms with van der Waals surface area (Å²) in [7, 11) is 0. The molecule has 0 aliphatic carbocycles. The number of unbranched alkanes of at least 4 members (excludes halogenated alkanes) is 2. The first-order valence-electron chi connectivity index (χ1n) is 15.5. The number of nitrogens with zero attached hydrogens (tertiary/aromatic N) is 3. The number of fused-ring (bicyclic) bond motifs is 2. The van der Waals surface area contributed by atoms with Crippen molar-refractivity contribution in [3.63, 3.8) is 0 Å². The number of aliphatic hydroxyl groups excluding tert-OH is 1. The first-order valence-corrected chi connectivity index (χ1v) is 17.3. The number of aliphatic hydroxyl groups is 1. The molecule has 1 unspecified atom stereocenters. The summed E-state index contributed by atoms with van der Waals surface area (Å²) in [6.45, 7) is 2.74. The van der Waals surface area contributed by atoms with E-state index in [0.717, 1.165) is 35.6 Å². The van der Waals surface area contributed by atoms with Crippen molar-refractivity contribution in [1.29, 1.82) is 0 Å². The van der Waals surface area contributed by atoms with Crippen molar-refractivity contribution in [2.75, 3.05) is 11.5 Å². The Labute approximate surface area is 279 Å². The maximum absolute atomic E-state index is 14.0. The quantitative estimate of drug-likeness (QED) is 0.0599. The van der Waals surface area contributed by atoms with Gasteiger partial charge in [-0.1, -0.05) is 116 Å². The summed E-state index contributed by atoms with van der Waals surface area (Å²) in [5, 5.41) is 23.4. The summed E-state index contributed by atoms with van der Waals surface area (Å²) in [5.41, 5.74) is 2.24. The van der Waals surface area contributed by atoms with E-state index in [1.807, 2.05) is 60.7 Å². The Morgan fingerprint density at radius 3 is 2.53 bits per heavy atom. The summed E-state index contributed by atoms with van der Waals surface area (Å²) < 4.78 is 12.4. The van der Waals surface area contributed by atoms with Crippen LogP contribution in [0.15, 0.2) is 117 Å². The molecule has 0 fully saturated rings. The molecular formula is C37H31N3O5S2. The number of hydrogen-bond donors (Lipinski definition) is 1. The van der Waals surface area contributed by atoms with Gasteiger partial charge < -0.3 is 14.3 Å². The minimum atomic E-state index is -0.957. The van der Waals surface area contributed by atoms with Gasteiger partial charge in [-0.15, -0.1) is 10.2 Å². The van der Waals surface area contributed by atoms with Crippen LogP contribution in [0.5, 0.6) is 5.75 Å². The standard InChI is InChI=1S/C37H31N3O5S2/c1-2-3-8-20-44-27-18-16-24(17-19-27)32-31(33(41)30-21-25-11-5-7-15-29(25)45-30)34(42)35(43)40(32)36-38-39-37(47-36)46-22-26-13-9-12-23-10-4-6-14-28(23)26/h4-7,9-19,21,32,42H,2-3,8,20,22H2,1H3. The zero-order valence-corrected chi connectivity index (χ0v) is 27.2. The van der Waals surface area contributed by atoms with Crippen molar-refractivity contribution >= 4 is 61.7 Å². The lowest BCUT2D eigenvalue weighted by Crippen LogP contribution is -2.31. The van der Waals surface area contributed by atoms with E-state index in [1.165, 1.54) is 33.4 Å². The van der Waals surface area contributed by atoms with Crippen LogP contribution in [-0.2, 0) is 10.5 Å². The van der Waals surface area contributed by atoms with Crippen LogP contribution in [0.25, 0.3) is 21.7 Å². The van der Waals surface area contributed by atoms with Gasteiger partial charge in [-0.3, -0.25) is 14.5 Å². The summed E-state index contributed by atoms with van der Waals surface area (Å²) in [5.74, 6) is -0.563. The molecule has 236 valence electrons. The Morgan fingerprint density at radius 2 is 1.72 bits per heavy atom. The van der Waals surface area contributed by atoms with Crippen LogP contribution in [0.4, 0.5) is 5.13 Å². The number of anilines is 1. The number of para-hydroxylation sites is 1. The van der Waals surface area contributed by atoms with Crippen LogP contribution in [-0.4, -0.2) is 33.6 Å². The molecule has 1 aliphatic heterocycles. The average molecular weight is 662 g/mol. The van der Waals surface area contributed by atoms with Gasteiger partial charge >= 0.3 is 0 Å². The Morgan fingerprint density at radius 1 is 0.957 bits per heavy atom. The lowest BCUT2D eigenvalue weighted by atomic mass is 9.95. The third-order valence-electron chi connectivity index (χ3n) is 8.15. The minimum Gasteiger partial charge on any atom is -0.503 e. The van der Waals surface area contributed by atoms with Gasteiger partial charge in [-0.2, -0.15) is 0 Å². The van der Waals surface area contributed by atoms with Gasteiger partial charge in [0.25, 0.3) is 5.91 Å². The number of Topliss-reactive ketones (excluding diaryl/α,β-unsaturated/α-hetero) is 1. The lowest BCUT2D eigenvalue weighted by Gasteiger charge is -2.24. The monoisotopic (exact) mass is 661 g/mol. The largest absolute Gasteiger partial charge is 0.503 e. The average Bonchev–Trinajstić information content (AvgIpc) is 3.82. The molecule has 1 aliphatic rings. The Hall–Kier alpha value is -4.93. The molecule has 1 atom stereocenters. The van der Waals surface area contributed by atoms with Gasteiger partial charge in [0, 0.05) is 11.1 Å². The highest BCUT2D eigenvalue weighted by Gasteiger charge is 2.46. The first kappa shape index (κ1) is 30.7. The SMILES string of the molecule is CCCCCOc1ccc(C2C(C(=O)c3cc4ccccc4o3)=C(O)C(=O)N2c2nnc(SCc3cccc4ccccc34)s2)cc1. The number of benzene rings is 4. The van der Waals surface area contributed by atoms with Crippen molar-refractivity contribution in [3.8, 4) is 5.75 Å². The van der Waals surface area contributed by atoms with Crippen molar-refractivity contribution in [1.82, 2.24) is 10.2 Å². The highest BCUT2D eigenvalue weighted by molar-refractivity contribution is 8.00. The fraction of sp³-hybridized carbons (Fsp3) is 0.189. The highest BCUT2D eigenvalue weighted by atomic mass is 32.2. The Bertz CT molecular complexity index is 2080. The van der Waals surface area contributed by atoms with Crippen molar-refractivity contribution in [3.05, 3.63) is 125 Å². The van der Waals surface area contributed by atoms with E-state index in [0.29, 0.717) is 33.6 Å². The number of carbonyl (C=O) groups excluding carboxylic acids is 2. The molecule has 1 N–H and O–H groups in total. The number of amides is 1. The van der Waals surface area contributed by atoms with Gasteiger partial charge in [0.2, 0.25) is 10.9 Å². The molecule has 0 spiro atoms. The third kappa shape index (κ3) is 6.14. The fourth-order valence-corrected chi connectivity index (χ4v) is 7.65. The number of aromatic nitrogens is 2. The normalized spacial score (nSPS) is 14.9. The summed E-state index contributed by atoms with van der Waals surface area (Å²) >= 11 is 2.76. The number of ether oxygens (including phenoxy) is 1. The Kier molecular flexibility index (Phi) is 8.78. The molecule has 7 rings (SSSR count). The van der Waals surface area contributed by atoms with Gasteiger partial charge in [0.15, 0.2) is 15.9 Å². The van der Waals surface area contributed by atoms with Crippen LogP contribution in [0.3, 0.4) is 0 Å². The summed E-state index contributed by atoms with van der Waals surface area (Å²) in [6.07, 6.45) is 3.13. The highest BCUT2D eigenvalue weighted by Crippen LogP contribution is 2.44. The predicted molar refractivity (Wildman–Crippen MR) is 185 cm³/mol. The smallest absolute Gasteiger partial charge is 0.296 e. The van der Waals surface area contributed by atoms with Crippen LogP contribution < -0.4 is 9.64 Å². The van der Waals surface area contributed by atoms with Crippen LogP contribution >= 0.6 is 23.1 Å². The fourth-order valence-electron chi connectivity index (χ4n) is 5.78. The second kappa shape index (κ2) is 13.4. The van der Waals surface area contributed by atoms with E-state index in [2.05, 4.69) is 41.4 Å². The molecular weight excluding hydrogens is 631 g/mol. The molecule has 0 radical (unpaired) electrons. The molecule has 8 nitrogen and oxygen atoms in total. The number of hydrogen-bond acceptors (Lipinski definition) is 9. The van der Waals surface area contributed by atoms with E-state index in [4.69, 9.17) is 9.15 Å². The molecule has 0 saturated carbocycles. The maximum Gasteiger partial charge on any atom is 0.296 e. The topological polar surface area (TPSA) is 106 Å². The minimum absolute atomic E-state index is 0.0341. The van der Waals surface area contributed by atoms with Crippen molar-refractivity contribution < 1.29 is 23.8 Å². The maximum atomic E-state index is 14.0. The molecule has 4 aromatic carbocycles. The van der Waals surface area contributed by atoms with Crippen molar-refractivity contribution in [2.45, 2.75) is 42.3 Å². The molecule has 47 heavy (non-hydrogen) atoms. The molecule has 0 bridgehead atoms. The summed E-state index contributed by atoms with van der Waals surface area (Å²) in [6, 6.07) is 29.6. The lowest BCUT2D eigenvalue weighted by molar-refractivity contribution is -0.117. The zero-order valence-electron chi connectivity index (χ0n) is 25.6. The molecule has 3 heterocycles. The van der Waals surface area contributed by atoms with E-state index in [9.17, 15) is 14.7 Å². The molecule has 1 amide bonds. The molecule has 2 aromatic heterocycles. The molecule has 10 heteroatoms. The first-order chi connectivity index (χ1) is 23.0. The van der Waals surface area contributed by atoms with Gasteiger partial charge in [0.05, 0.1) is 18.2 Å². The molecule has 0 saturated heterocycles.